The standard InChI is InChI=1S/C22H28FN3O/c1-6-17-11-16(12-19(23)20(17)24-5)14-26-21(27)25-13-15-7-9-18(10-8-15)22(2,3)4/h6-12,24H,1,13-14H2,2-5H3,(H2,25,26,27). The molecule has 27 heavy (non-hydrogen) atoms. The Kier molecular flexibility index (Phi) is 6.61. The number of urea groups is 1. The van der Waals surface area contributed by atoms with Gasteiger partial charge in [-0.15, -0.1) is 0 Å². The van der Waals surface area contributed by atoms with Crippen LogP contribution < -0.4 is 16.0 Å². The Morgan fingerprint density at radius 3 is 2.19 bits per heavy atom. The van der Waals surface area contributed by atoms with Gasteiger partial charge in [0.05, 0.1) is 5.69 Å². The molecular formula is C22H28FN3O. The first-order valence-corrected chi connectivity index (χ1v) is 8.98. The van der Waals surface area contributed by atoms with E-state index in [-0.39, 0.29) is 23.8 Å². The SMILES string of the molecule is C=Cc1cc(CNC(=O)NCc2ccc(C(C)(C)C)cc2)cc(F)c1NC. The minimum Gasteiger partial charge on any atom is -0.385 e. The lowest BCUT2D eigenvalue weighted by atomic mass is 9.87. The Morgan fingerprint density at radius 1 is 1.07 bits per heavy atom. The predicted octanol–water partition coefficient (Wildman–Crippen LogP) is 4.81. The van der Waals surface area contributed by atoms with Crippen molar-refractivity contribution >= 4 is 17.8 Å². The van der Waals surface area contributed by atoms with Gasteiger partial charge in [-0.05, 0) is 34.2 Å². The average Bonchev–Trinajstić information content (AvgIpc) is 2.63. The van der Waals surface area contributed by atoms with Crippen molar-refractivity contribution in [3.63, 3.8) is 0 Å². The highest BCUT2D eigenvalue weighted by atomic mass is 19.1. The molecular weight excluding hydrogens is 341 g/mol. The van der Waals surface area contributed by atoms with Gasteiger partial charge in [0.2, 0.25) is 0 Å². The molecule has 0 aliphatic heterocycles. The molecule has 3 N–H and O–H groups in total. The van der Waals surface area contributed by atoms with Gasteiger partial charge in [0.25, 0.3) is 0 Å². The lowest BCUT2D eigenvalue weighted by molar-refractivity contribution is 0.240. The highest BCUT2D eigenvalue weighted by Crippen LogP contribution is 2.23. The largest absolute Gasteiger partial charge is 0.385 e. The van der Waals surface area contributed by atoms with Crippen molar-refractivity contribution < 1.29 is 9.18 Å². The molecule has 0 spiro atoms. The minimum atomic E-state index is -0.369. The van der Waals surface area contributed by atoms with Crippen LogP contribution in [-0.4, -0.2) is 13.1 Å². The molecule has 0 unspecified atom stereocenters. The quantitative estimate of drug-likeness (QED) is 0.685. The van der Waals surface area contributed by atoms with Crippen LogP contribution in [0, 0.1) is 5.82 Å². The van der Waals surface area contributed by atoms with Crippen LogP contribution in [0.5, 0.6) is 0 Å². The van der Waals surface area contributed by atoms with Crippen molar-refractivity contribution in [2.45, 2.75) is 39.3 Å². The molecule has 0 saturated heterocycles. The molecule has 0 aliphatic carbocycles. The maximum absolute atomic E-state index is 14.1. The molecule has 0 fully saturated rings. The summed E-state index contributed by atoms with van der Waals surface area (Å²) < 4.78 is 14.1. The number of carbonyl (C=O) groups is 1. The summed E-state index contributed by atoms with van der Waals surface area (Å²) >= 11 is 0. The van der Waals surface area contributed by atoms with Gasteiger partial charge in [-0.3, -0.25) is 0 Å². The van der Waals surface area contributed by atoms with Crippen molar-refractivity contribution in [2.75, 3.05) is 12.4 Å². The fourth-order valence-corrected chi connectivity index (χ4v) is 2.76. The molecule has 0 heterocycles. The third-order valence-corrected chi connectivity index (χ3v) is 4.38. The molecule has 0 bridgehead atoms. The van der Waals surface area contributed by atoms with Crippen molar-refractivity contribution in [3.8, 4) is 0 Å². The van der Waals surface area contributed by atoms with Crippen LogP contribution in [0.25, 0.3) is 6.08 Å². The van der Waals surface area contributed by atoms with Gasteiger partial charge < -0.3 is 16.0 Å². The summed E-state index contributed by atoms with van der Waals surface area (Å²) in [6.45, 7) is 10.9. The van der Waals surface area contributed by atoms with E-state index < -0.39 is 0 Å². The molecule has 0 radical (unpaired) electrons. The van der Waals surface area contributed by atoms with Crippen LogP contribution in [0.1, 0.15) is 43.0 Å². The zero-order valence-electron chi connectivity index (χ0n) is 16.4. The zero-order valence-corrected chi connectivity index (χ0v) is 16.4. The van der Waals surface area contributed by atoms with E-state index in [1.807, 2.05) is 12.1 Å². The molecule has 0 aliphatic rings. The smallest absolute Gasteiger partial charge is 0.315 e. The highest BCUT2D eigenvalue weighted by molar-refractivity contribution is 5.74. The Balaban J connectivity index is 1.90. The third kappa shape index (κ3) is 5.58. The molecule has 5 heteroatoms. The number of carbonyl (C=O) groups excluding carboxylic acids is 1. The van der Waals surface area contributed by atoms with E-state index in [0.717, 1.165) is 5.56 Å². The maximum Gasteiger partial charge on any atom is 0.315 e. The minimum absolute atomic E-state index is 0.103. The second-order valence-electron chi connectivity index (χ2n) is 7.48. The topological polar surface area (TPSA) is 53.2 Å². The number of benzene rings is 2. The number of anilines is 1. The summed E-state index contributed by atoms with van der Waals surface area (Å²) in [5.74, 6) is -0.369. The van der Waals surface area contributed by atoms with E-state index in [1.165, 1.54) is 11.6 Å². The molecule has 144 valence electrons. The van der Waals surface area contributed by atoms with Crippen molar-refractivity contribution in [3.05, 3.63) is 71.0 Å². The van der Waals surface area contributed by atoms with E-state index in [1.54, 1.807) is 19.2 Å². The fraction of sp³-hybridized carbons (Fsp3) is 0.318. The summed E-state index contributed by atoms with van der Waals surface area (Å²) in [6, 6.07) is 11.1. The van der Waals surface area contributed by atoms with Crippen molar-refractivity contribution in [2.24, 2.45) is 0 Å². The summed E-state index contributed by atoms with van der Waals surface area (Å²) in [6.07, 6.45) is 1.58. The first-order valence-electron chi connectivity index (χ1n) is 8.98. The van der Waals surface area contributed by atoms with Gasteiger partial charge in [0, 0.05) is 25.7 Å². The van der Waals surface area contributed by atoms with Crippen molar-refractivity contribution in [1.82, 2.24) is 10.6 Å². The monoisotopic (exact) mass is 369 g/mol. The molecule has 2 aromatic rings. The summed E-state index contributed by atoms with van der Waals surface area (Å²) in [7, 11) is 1.66. The van der Waals surface area contributed by atoms with E-state index in [4.69, 9.17) is 0 Å². The van der Waals surface area contributed by atoms with Gasteiger partial charge in [-0.1, -0.05) is 57.7 Å². The van der Waals surface area contributed by atoms with Crippen LogP contribution in [-0.2, 0) is 18.5 Å². The van der Waals surface area contributed by atoms with Gasteiger partial charge in [-0.2, -0.15) is 0 Å². The number of hydrogen-bond acceptors (Lipinski definition) is 2. The Labute approximate surface area is 160 Å². The fourth-order valence-electron chi connectivity index (χ4n) is 2.76. The molecule has 2 aromatic carbocycles. The van der Waals surface area contributed by atoms with E-state index in [0.29, 0.717) is 23.4 Å². The molecule has 4 nitrogen and oxygen atoms in total. The number of hydrogen-bond donors (Lipinski definition) is 3. The van der Waals surface area contributed by atoms with Crippen LogP contribution in [0.4, 0.5) is 14.9 Å². The number of rotatable bonds is 6. The van der Waals surface area contributed by atoms with Crippen LogP contribution >= 0.6 is 0 Å². The average molecular weight is 369 g/mol. The number of amides is 2. The van der Waals surface area contributed by atoms with E-state index in [9.17, 15) is 9.18 Å². The number of nitrogens with one attached hydrogen (secondary N) is 3. The lowest BCUT2D eigenvalue weighted by Crippen LogP contribution is -2.34. The number of halogens is 1. The van der Waals surface area contributed by atoms with Crippen LogP contribution in [0.3, 0.4) is 0 Å². The summed E-state index contributed by atoms with van der Waals surface area (Å²) in [4.78, 5) is 12.0. The second-order valence-corrected chi connectivity index (χ2v) is 7.48. The van der Waals surface area contributed by atoms with E-state index >= 15 is 0 Å². The summed E-state index contributed by atoms with van der Waals surface area (Å²) in [5, 5.41) is 8.38. The van der Waals surface area contributed by atoms with Crippen LogP contribution in [0.2, 0.25) is 0 Å². The first kappa shape index (κ1) is 20.5. The Morgan fingerprint density at radius 2 is 1.67 bits per heavy atom. The Bertz CT molecular complexity index is 808. The normalized spacial score (nSPS) is 11.0. The summed E-state index contributed by atoms with van der Waals surface area (Å²) in [5.41, 5.74) is 4.11. The molecule has 0 saturated carbocycles. The second kappa shape index (κ2) is 8.71. The molecule has 2 rings (SSSR count). The molecule has 0 atom stereocenters. The van der Waals surface area contributed by atoms with Crippen LogP contribution in [0.15, 0.2) is 43.0 Å². The molecule has 2 amide bonds. The van der Waals surface area contributed by atoms with Gasteiger partial charge in [-0.25, -0.2) is 9.18 Å². The maximum atomic E-state index is 14.1. The zero-order chi connectivity index (χ0) is 20.0. The van der Waals surface area contributed by atoms with E-state index in [2.05, 4.69) is 55.4 Å². The first-order chi connectivity index (χ1) is 12.7. The molecule has 0 aromatic heterocycles. The van der Waals surface area contributed by atoms with Gasteiger partial charge >= 0.3 is 6.03 Å². The third-order valence-electron chi connectivity index (χ3n) is 4.38. The van der Waals surface area contributed by atoms with Gasteiger partial charge in [0.15, 0.2) is 0 Å². The predicted molar refractivity (Wildman–Crippen MR) is 110 cm³/mol. The Hall–Kier alpha value is -2.82. The van der Waals surface area contributed by atoms with Crippen molar-refractivity contribution in [1.29, 1.82) is 0 Å². The highest BCUT2D eigenvalue weighted by Gasteiger charge is 2.13. The van der Waals surface area contributed by atoms with Gasteiger partial charge in [0.1, 0.15) is 5.82 Å². The lowest BCUT2D eigenvalue weighted by Gasteiger charge is -2.19.